The van der Waals surface area contributed by atoms with Gasteiger partial charge in [-0.1, -0.05) is 0 Å². The molecule has 0 bridgehead atoms. The molecule has 4 aromatic rings. The number of benzene rings is 1. The summed E-state index contributed by atoms with van der Waals surface area (Å²) in [6.07, 6.45) is 4.76. The molecule has 0 amide bonds. The molecule has 5 rings (SSSR count). The topological polar surface area (TPSA) is 83.6 Å². The van der Waals surface area contributed by atoms with Crippen molar-refractivity contribution in [3.63, 3.8) is 0 Å². The summed E-state index contributed by atoms with van der Waals surface area (Å²) in [6, 6.07) is 10.3. The summed E-state index contributed by atoms with van der Waals surface area (Å²) in [5, 5.41) is 4.42. The molecule has 1 atom stereocenters. The van der Waals surface area contributed by atoms with Crippen molar-refractivity contribution in [1.29, 1.82) is 0 Å². The minimum atomic E-state index is -0.246. The van der Waals surface area contributed by atoms with Crippen molar-refractivity contribution in [2.24, 2.45) is 0 Å². The predicted octanol–water partition coefficient (Wildman–Crippen LogP) is 5.20. The average Bonchev–Trinajstić information content (AvgIpc) is 3.23. The summed E-state index contributed by atoms with van der Waals surface area (Å²) in [6.45, 7) is 3.58. The molecule has 1 aliphatic rings. The number of aryl methyl sites for hydroxylation is 2. The number of rotatable bonds is 4. The number of fused-ring (bicyclic) bond motifs is 1. The van der Waals surface area contributed by atoms with Gasteiger partial charge in [0, 0.05) is 33.5 Å². The molecule has 1 aromatic carbocycles. The van der Waals surface area contributed by atoms with Crippen molar-refractivity contribution >= 4 is 17.2 Å². The van der Waals surface area contributed by atoms with E-state index in [1.54, 1.807) is 36.6 Å². The first kappa shape index (κ1) is 20.5. The largest absolute Gasteiger partial charge is 0.362 e. The van der Waals surface area contributed by atoms with Gasteiger partial charge >= 0.3 is 0 Å². The Morgan fingerprint density at radius 1 is 1.09 bits per heavy atom. The first-order valence-corrected chi connectivity index (χ1v) is 11.4. The number of anilines is 1. The Labute approximate surface area is 188 Å². The van der Waals surface area contributed by atoms with Gasteiger partial charge in [0.25, 0.3) is 5.56 Å². The van der Waals surface area contributed by atoms with E-state index in [1.165, 1.54) is 17.0 Å². The third-order valence-corrected chi connectivity index (χ3v) is 6.98. The number of hydrogen-bond donors (Lipinski definition) is 2. The van der Waals surface area contributed by atoms with Gasteiger partial charge in [-0.3, -0.25) is 4.79 Å². The molecule has 0 saturated carbocycles. The maximum Gasteiger partial charge on any atom is 0.254 e. The minimum absolute atomic E-state index is 0.0714. The van der Waals surface area contributed by atoms with Crippen LogP contribution in [0.3, 0.4) is 0 Å². The van der Waals surface area contributed by atoms with Crippen molar-refractivity contribution in [3.8, 4) is 22.0 Å². The summed E-state index contributed by atoms with van der Waals surface area (Å²) in [7, 11) is 0. The molecule has 8 heteroatoms. The van der Waals surface area contributed by atoms with Crippen molar-refractivity contribution < 1.29 is 4.39 Å². The highest BCUT2D eigenvalue weighted by Gasteiger charge is 2.25. The molecule has 162 valence electrons. The SMILES string of the molecule is Cc1nc(-c2ccc(NC3CCCc4sc(-c5ccc(F)cc5)nc43)nc2)[nH]c(=O)c1C. The van der Waals surface area contributed by atoms with E-state index < -0.39 is 0 Å². The van der Waals surface area contributed by atoms with Gasteiger partial charge < -0.3 is 10.3 Å². The zero-order valence-electron chi connectivity index (χ0n) is 17.8. The van der Waals surface area contributed by atoms with Crippen LogP contribution in [0.1, 0.15) is 40.7 Å². The minimum Gasteiger partial charge on any atom is -0.362 e. The highest BCUT2D eigenvalue weighted by molar-refractivity contribution is 7.15. The first-order valence-electron chi connectivity index (χ1n) is 10.5. The second-order valence-corrected chi connectivity index (χ2v) is 9.06. The molecule has 1 unspecified atom stereocenters. The second-order valence-electron chi connectivity index (χ2n) is 7.98. The molecular weight excluding hydrogens is 425 g/mol. The van der Waals surface area contributed by atoms with Gasteiger partial charge in [-0.15, -0.1) is 11.3 Å². The van der Waals surface area contributed by atoms with Gasteiger partial charge in [0.15, 0.2) is 0 Å². The van der Waals surface area contributed by atoms with Gasteiger partial charge in [0.1, 0.15) is 22.5 Å². The molecule has 6 nitrogen and oxygen atoms in total. The van der Waals surface area contributed by atoms with Gasteiger partial charge in [-0.25, -0.2) is 19.3 Å². The van der Waals surface area contributed by atoms with E-state index in [2.05, 4.69) is 20.3 Å². The molecule has 32 heavy (non-hydrogen) atoms. The summed E-state index contributed by atoms with van der Waals surface area (Å²) in [4.78, 5) is 30.0. The second kappa shape index (κ2) is 8.27. The Morgan fingerprint density at radius 3 is 2.59 bits per heavy atom. The standard InChI is InChI=1S/C24H22FN5OS/c1-13-14(2)27-22(30-23(13)31)16-8-11-20(26-12-16)28-18-4-3-5-19-21(18)29-24(32-19)15-6-9-17(25)10-7-15/h6-12,18H,3-5H2,1-2H3,(H,26,28)(H,27,30,31). The molecule has 1 aliphatic carbocycles. The van der Waals surface area contributed by atoms with Gasteiger partial charge in [-0.2, -0.15) is 0 Å². The van der Waals surface area contributed by atoms with Crippen molar-refractivity contribution in [2.75, 3.05) is 5.32 Å². The molecule has 3 aromatic heterocycles. The lowest BCUT2D eigenvalue weighted by atomic mass is 9.97. The normalized spacial score (nSPS) is 15.4. The molecule has 0 aliphatic heterocycles. The van der Waals surface area contributed by atoms with Crippen LogP contribution in [0.2, 0.25) is 0 Å². The lowest BCUT2D eigenvalue weighted by Crippen LogP contribution is -2.17. The van der Waals surface area contributed by atoms with E-state index in [-0.39, 0.29) is 17.4 Å². The molecule has 2 N–H and O–H groups in total. The van der Waals surface area contributed by atoms with Crippen LogP contribution in [0.15, 0.2) is 47.4 Å². The van der Waals surface area contributed by atoms with Gasteiger partial charge in [0.2, 0.25) is 0 Å². The van der Waals surface area contributed by atoms with Crippen LogP contribution in [0.5, 0.6) is 0 Å². The number of pyridine rings is 1. The van der Waals surface area contributed by atoms with E-state index in [0.717, 1.165) is 46.9 Å². The Bertz CT molecular complexity index is 1330. The zero-order valence-corrected chi connectivity index (χ0v) is 18.6. The number of nitrogens with zero attached hydrogens (tertiary/aromatic N) is 3. The molecule has 0 saturated heterocycles. The van der Waals surface area contributed by atoms with Crippen LogP contribution in [-0.4, -0.2) is 19.9 Å². The van der Waals surface area contributed by atoms with Crippen LogP contribution in [-0.2, 0) is 6.42 Å². The van der Waals surface area contributed by atoms with Crippen LogP contribution in [0, 0.1) is 19.7 Å². The summed E-state index contributed by atoms with van der Waals surface area (Å²) in [5.74, 6) is 1.01. The Kier molecular flexibility index (Phi) is 5.30. The van der Waals surface area contributed by atoms with E-state index >= 15 is 0 Å². The number of thiazole rings is 1. The van der Waals surface area contributed by atoms with Gasteiger partial charge in [0.05, 0.1) is 11.7 Å². The molecular formula is C24H22FN5OS. The summed E-state index contributed by atoms with van der Waals surface area (Å²) < 4.78 is 13.3. The molecule has 3 heterocycles. The number of nitrogens with one attached hydrogen (secondary N) is 2. The van der Waals surface area contributed by atoms with E-state index in [9.17, 15) is 9.18 Å². The van der Waals surface area contributed by atoms with Crippen molar-refractivity contribution in [2.45, 2.75) is 39.2 Å². The fraction of sp³-hybridized carbons (Fsp3) is 0.250. The molecule has 0 radical (unpaired) electrons. The van der Waals surface area contributed by atoms with E-state index in [1.807, 2.05) is 19.1 Å². The van der Waals surface area contributed by atoms with Crippen LogP contribution in [0.25, 0.3) is 22.0 Å². The number of H-pyrrole nitrogens is 1. The Morgan fingerprint density at radius 2 is 1.88 bits per heavy atom. The first-order chi connectivity index (χ1) is 15.5. The molecule has 0 spiro atoms. The number of hydrogen-bond acceptors (Lipinski definition) is 6. The summed E-state index contributed by atoms with van der Waals surface area (Å²) >= 11 is 1.68. The third kappa shape index (κ3) is 3.93. The highest BCUT2D eigenvalue weighted by Crippen LogP contribution is 2.38. The number of halogens is 1. The maximum atomic E-state index is 13.3. The smallest absolute Gasteiger partial charge is 0.254 e. The average molecular weight is 448 g/mol. The monoisotopic (exact) mass is 447 g/mol. The molecule has 0 fully saturated rings. The van der Waals surface area contributed by atoms with Gasteiger partial charge in [-0.05, 0) is 69.5 Å². The fourth-order valence-corrected chi connectivity index (χ4v) is 5.02. The van der Waals surface area contributed by atoms with Crippen molar-refractivity contribution in [3.05, 3.63) is 80.6 Å². The fourth-order valence-electron chi connectivity index (χ4n) is 3.85. The maximum absolute atomic E-state index is 13.3. The highest BCUT2D eigenvalue weighted by atomic mass is 32.1. The Balaban J connectivity index is 1.37. The van der Waals surface area contributed by atoms with E-state index in [0.29, 0.717) is 17.1 Å². The zero-order chi connectivity index (χ0) is 22.2. The Hall–Kier alpha value is -3.39. The summed E-state index contributed by atoms with van der Waals surface area (Å²) in [5.41, 5.74) is 3.93. The lowest BCUT2D eigenvalue weighted by Gasteiger charge is -2.22. The third-order valence-electron chi connectivity index (χ3n) is 5.80. The number of aromatic nitrogens is 4. The van der Waals surface area contributed by atoms with Crippen LogP contribution < -0.4 is 10.9 Å². The predicted molar refractivity (Wildman–Crippen MR) is 124 cm³/mol. The quantitative estimate of drug-likeness (QED) is 0.449. The number of aromatic amines is 1. The van der Waals surface area contributed by atoms with E-state index in [4.69, 9.17) is 4.98 Å². The van der Waals surface area contributed by atoms with Crippen LogP contribution >= 0.6 is 11.3 Å². The van der Waals surface area contributed by atoms with Crippen LogP contribution in [0.4, 0.5) is 10.2 Å². The lowest BCUT2D eigenvalue weighted by molar-refractivity contribution is 0.592. The van der Waals surface area contributed by atoms with Crippen molar-refractivity contribution in [1.82, 2.24) is 19.9 Å².